The van der Waals surface area contributed by atoms with E-state index in [4.69, 9.17) is 0 Å². The van der Waals surface area contributed by atoms with E-state index in [0.717, 1.165) is 18.7 Å². The van der Waals surface area contributed by atoms with Crippen LogP contribution < -0.4 is 4.90 Å². The highest BCUT2D eigenvalue weighted by atomic mass is 32.2. The summed E-state index contributed by atoms with van der Waals surface area (Å²) in [4.78, 5) is 18.1. The number of sulfonamides is 1. The first-order valence-corrected chi connectivity index (χ1v) is 11.2. The van der Waals surface area contributed by atoms with Crippen molar-refractivity contribution in [3.05, 3.63) is 23.9 Å². The summed E-state index contributed by atoms with van der Waals surface area (Å²) in [5.74, 6) is -1.28. The normalized spacial score (nSPS) is 30.2. The van der Waals surface area contributed by atoms with Gasteiger partial charge in [-0.2, -0.15) is 4.31 Å². The number of rotatable bonds is 4. The highest BCUT2D eigenvalue weighted by molar-refractivity contribution is 7.89. The van der Waals surface area contributed by atoms with Crippen LogP contribution in [-0.4, -0.2) is 55.4 Å². The number of hydrogen-bond donors (Lipinski definition) is 0. The molecule has 0 spiro atoms. The Balaban J connectivity index is 1.48. The van der Waals surface area contributed by atoms with E-state index in [-0.39, 0.29) is 54.9 Å². The lowest BCUT2D eigenvalue weighted by Gasteiger charge is -2.40. The smallest absolute Gasteiger partial charge is 0.215 e. The Morgan fingerprint density at radius 3 is 2.43 bits per heavy atom. The van der Waals surface area contributed by atoms with Gasteiger partial charge in [0.25, 0.3) is 0 Å². The van der Waals surface area contributed by atoms with Gasteiger partial charge in [0.15, 0.2) is 11.6 Å². The molecule has 154 valence electrons. The van der Waals surface area contributed by atoms with Crippen molar-refractivity contribution in [2.45, 2.75) is 33.1 Å². The number of fused-ring (bicyclic) bond motifs is 2. The molecule has 1 aliphatic heterocycles. The fourth-order valence-corrected chi connectivity index (χ4v) is 7.53. The van der Waals surface area contributed by atoms with Gasteiger partial charge >= 0.3 is 0 Å². The molecule has 2 atom stereocenters. The summed E-state index contributed by atoms with van der Waals surface area (Å²) in [5.41, 5.74) is -1.10. The Morgan fingerprint density at radius 2 is 1.89 bits per heavy atom. The molecule has 1 aromatic rings. The maximum atomic E-state index is 14.0. The van der Waals surface area contributed by atoms with E-state index < -0.39 is 27.1 Å². The van der Waals surface area contributed by atoms with Gasteiger partial charge in [-0.3, -0.25) is 4.79 Å². The van der Waals surface area contributed by atoms with E-state index in [1.54, 1.807) is 4.90 Å². The SMILES string of the molecule is CC1(C)[C@@H]2CC[C@@]1(CS(=O)(=O)N1CCN(c3ncc(F)cc3F)CC1)C(=O)C2. The maximum Gasteiger partial charge on any atom is 0.215 e. The van der Waals surface area contributed by atoms with Crippen molar-refractivity contribution in [2.24, 2.45) is 16.7 Å². The standard InChI is InChI=1S/C19H25F2N3O3S/c1-18(2)13-3-4-19(18,16(25)9-13)12-28(26,27)24-7-5-23(6-8-24)17-15(21)10-14(20)11-22-17/h10-11,13H,3-9,12H2,1-2H3/t13-,19-/m1/s1. The molecule has 3 aliphatic rings. The third kappa shape index (κ3) is 2.85. The molecule has 9 heteroatoms. The monoisotopic (exact) mass is 413 g/mol. The number of aromatic nitrogens is 1. The first-order valence-electron chi connectivity index (χ1n) is 9.64. The van der Waals surface area contributed by atoms with Crippen LogP contribution in [0.4, 0.5) is 14.6 Å². The molecule has 0 unspecified atom stereocenters. The average molecular weight is 413 g/mol. The Bertz CT molecular complexity index is 913. The summed E-state index contributed by atoms with van der Waals surface area (Å²) in [5, 5.41) is 0. The Labute approximate surface area is 164 Å². The molecule has 4 rings (SSSR count). The highest BCUT2D eigenvalue weighted by Gasteiger charge is 2.65. The van der Waals surface area contributed by atoms with E-state index in [1.165, 1.54) is 4.31 Å². The van der Waals surface area contributed by atoms with Crippen molar-refractivity contribution in [1.29, 1.82) is 0 Å². The largest absolute Gasteiger partial charge is 0.352 e. The fourth-order valence-electron chi connectivity index (χ4n) is 5.33. The van der Waals surface area contributed by atoms with Crippen LogP contribution >= 0.6 is 0 Å². The van der Waals surface area contributed by atoms with Crippen molar-refractivity contribution < 1.29 is 22.0 Å². The first-order chi connectivity index (χ1) is 13.1. The van der Waals surface area contributed by atoms with E-state index in [2.05, 4.69) is 4.98 Å². The van der Waals surface area contributed by atoms with Crippen LogP contribution in [0.5, 0.6) is 0 Å². The quantitative estimate of drug-likeness (QED) is 0.757. The van der Waals surface area contributed by atoms with Crippen molar-refractivity contribution in [3.63, 3.8) is 0 Å². The van der Waals surface area contributed by atoms with Gasteiger partial charge in [0.2, 0.25) is 10.0 Å². The van der Waals surface area contributed by atoms with Gasteiger partial charge in [0.05, 0.1) is 11.9 Å². The Morgan fingerprint density at radius 1 is 1.21 bits per heavy atom. The fraction of sp³-hybridized carbons (Fsp3) is 0.684. The van der Waals surface area contributed by atoms with Gasteiger partial charge in [0, 0.05) is 44.1 Å². The van der Waals surface area contributed by atoms with E-state index in [0.29, 0.717) is 12.8 Å². The second-order valence-electron chi connectivity index (χ2n) is 8.77. The lowest BCUT2D eigenvalue weighted by Crippen LogP contribution is -2.53. The molecule has 2 bridgehead atoms. The molecule has 3 fully saturated rings. The predicted octanol–water partition coefficient (Wildman–Crippen LogP) is 2.21. The molecule has 2 heterocycles. The molecule has 6 nitrogen and oxygen atoms in total. The number of halogens is 2. The van der Waals surface area contributed by atoms with Gasteiger partial charge in [-0.25, -0.2) is 22.2 Å². The summed E-state index contributed by atoms with van der Waals surface area (Å²) in [6, 6.07) is 0.773. The van der Waals surface area contributed by atoms with Crippen molar-refractivity contribution in [2.75, 3.05) is 36.8 Å². The number of piperazine rings is 1. The number of ketones is 1. The van der Waals surface area contributed by atoms with Gasteiger partial charge in [-0.05, 0) is 24.2 Å². The Kier molecular flexibility index (Phi) is 4.54. The number of nitrogens with zero attached hydrogens (tertiary/aromatic N) is 3. The average Bonchev–Trinajstić information content (AvgIpc) is 2.96. The molecular weight excluding hydrogens is 388 g/mol. The second kappa shape index (κ2) is 6.45. The number of pyridine rings is 1. The van der Waals surface area contributed by atoms with Crippen LogP contribution in [0.1, 0.15) is 33.1 Å². The molecule has 2 saturated carbocycles. The number of carbonyl (C=O) groups is 1. The molecule has 1 aromatic heterocycles. The van der Waals surface area contributed by atoms with Gasteiger partial charge in [-0.1, -0.05) is 13.8 Å². The summed E-state index contributed by atoms with van der Waals surface area (Å²) in [7, 11) is -3.63. The summed E-state index contributed by atoms with van der Waals surface area (Å²) < 4.78 is 54.7. The lowest BCUT2D eigenvalue weighted by molar-refractivity contribution is -0.128. The van der Waals surface area contributed by atoms with Crippen LogP contribution in [0.25, 0.3) is 0 Å². The number of anilines is 1. The van der Waals surface area contributed by atoms with Gasteiger partial charge in [-0.15, -0.1) is 0 Å². The van der Waals surface area contributed by atoms with Crippen LogP contribution in [0.2, 0.25) is 0 Å². The van der Waals surface area contributed by atoms with E-state index >= 15 is 0 Å². The molecule has 1 saturated heterocycles. The van der Waals surface area contributed by atoms with Crippen molar-refractivity contribution in [1.82, 2.24) is 9.29 Å². The van der Waals surface area contributed by atoms with E-state index in [9.17, 15) is 22.0 Å². The highest BCUT2D eigenvalue weighted by Crippen LogP contribution is 2.64. The zero-order valence-electron chi connectivity index (χ0n) is 16.1. The lowest BCUT2D eigenvalue weighted by atomic mass is 9.70. The van der Waals surface area contributed by atoms with Crippen LogP contribution in [0, 0.1) is 28.4 Å². The third-order valence-electron chi connectivity index (χ3n) is 7.29. The molecular formula is C19H25F2N3O3S. The first kappa shape index (κ1) is 19.7. The number of Topliss-reactive ketones (excluding diaryl/α,β-unsaturated/α-hetero) is 1. The zero-order chi connectivity index (χ0) is 20.3. The van der Waals surface area contributed by atoms with Crippen molar-refractivity contribution >= 4 is 21.6 Å². The van der Waals surface area contributed by atoms with E-state index in [1.807, 2.05) is 13.8 Å². The second-order valence-corrected chi connectivity index (χ2v) is 10.7. The van der Waals surface area contributed by atoms with Crippen LogP contribution in [0.3, 0.4) is 0 Å². The maximum absolute atomic E-state index is 14.0. The predicted molar refractivity (Wildman–Crippen MR) is 100 cm³/mol. The molecule has 0 amide bonds. The summed E-state index contributed by atoms with van der Waals surface area (Å²) in [6.07, 6.45) is 2.96. The summed E-state index contributed by atoms with van der Waals surface area (Å²) in [6.45, 7) is 4.95. The minimum atomic E-state index is -3.63. The number of hydrogen-bond acceptors (Lipinski definition) is 5. The molecule has 0 N–H and O–H groups in total. The molecule has 0 aromatic carbocycles. The van der Waals surface area contributed by atoms with Crippen LogP contribution in [0.15, 0.2) is 12.3 Å². The topological polar surface area (TPSA) is 70.6 Å². The zero-order valence-corrected chi connectivity index (χ0v) is 16.9. The minimum Gasteiger partial charge on any atom is -0.352 e. The summed E-state index contributed by atoms with van der Waals surface area (Å²) >= 11 is 0. The molecule has 28 heavy (non-hydrogen) atoms. The minimum absolute atomic E-state index is 0.0304. The molecule has 0 radical (unpaired) electrons. The van der Waals surface area contributed by atoms with Crippen LogP contribution in [-0.2, 0) is 14.8 Å². The molecule has 2 aliphatic carbocycles. The Hall–Kier alpha value is -1.61. The van der Waals surface area contributed by atoms with Gasteiger partial charge in [0.1, 0.15) is 11.6 Å². The van der Waals surface area contributed by atoms with Gasteiger partial charge < -0.3 is 4.90 Å². The van der Waals surface area contributed by atoms with Crippen molar-refractivity contribution in [3.8, 4) is 0 Å². The third-order valence-corrected chi connectivity index (χ3v) is 9.30. The number of carbonyl (C=O) groups excluding carboxylic acids is 1.